The lowest BCUT2D eigenvalue weighted by Gasteiger charge is -2.25. The molecule has 8 heteroatoms. The van der Waals surface area contributed by atoms with E-state index in [2.05, 4.69) is 9.97 Å². The monoisotopic (exact) mass is 421 g/mol. The van der Waals surface area contributed by atoms with Crippen molar-refractivity contribution in [3.05, 3.63) is 59.7 Å². The van der Waals surface area contributed by atoms with Gasteiger partial charge >= 0.3 is 5.97 Å². The van der Waals surface area contributed by atoms with E-state index in [0.717, 1.165) is 5.39 Å². The van der Waals surface area contributed by atoms with Crippen molar-refractivity contribution < 1.29 is 23.8 Å². The van der Waals surface area contributed by atoms with Crippen LogP contribution in [0.3, 0.4) is 0 Å². The highest BCUT2D eigenvalue weighted by Crippen LogP contribution is 2.38. The quantitative estimate of drug-likeness (QED) is 0.581. The van der Waals surface area contributed by atoms with Gasteiger partial charge in [-0.1, -0.05) is 18.2 Å². The number of fused-ring (bicyclic) bond motifs is 2. The number of aromatic nitrogens is 2. The Kier molecular flexibility index (Phi) is 5.32. The van der Waals surface area contributed by atoms with Gasteiger partial charge in [-0.25, -0.2) is 9.78 Å². The van der Waals surface area contributed by atoms with Gasteiger partial charge in [-0.3, -0.25) is 9.69 Å². The van der Waals surface area contributed by atoms with Crippen LogP contribution in [0.4, 0.5) is 5.82 Å². The van der Waals surface area contributed by atoms with Gasteiger partial charge < -0.3 is 14.2 Å². The molecule has 160 valence electrons. The van der Waals surface area contributed by atoms with Crippen LogP contribution in [-0.2, 0) is 14.3 Å². The maximum atomic E-state index is 13.2. The fourth-order valence-electron chi connectivity index (χ4n) is 3.41. The Bertz CT molecular complexity index is 1160. The summed E-state index contributed by atoms with van der Waals surface area (Å²) in [4.78, 5) is 35.7. The number of amides is 1. The molecule has 0 aliphatic carbocycles. The number of hydrogen-bond donors (Lipinski definition) is 0. The molecule has 1 aliphatic rings. The summed E-state index contributed by atoms with van der Waals surface area (Å²) < 4.78 is 16.4. The Morgan fingerprint density at radius 1 is 1.06 bits per heavy atom. The van der Waals surface area contributed by atoms with Gasteiger partial charge in [0.15, 0.2) is 11.9 Å². The molecule has 0 spiro atoms. The van der Waals surface area contributed by atoms with E-state index in [0.29, 0.717) is 28.5 Å². The maximum Gasteiger partial charge on any atom is 0.332 e. The van der Waals surface area contributed by atoms with Gasteiger partial charge in [0, 0.05) is 22.6 Å². The lowest BCUT2D eigenvalue weighted by molar-refractivity contribution is -0.162. The number of rotatable bonds is 5. The minimum Gasteiger partial charge on any atom is -0.481 e. The van der Waals surface area contributed by atoms with Crippen molar-refractivity contribution >= 4 is 28.7 Å². The zero-order chi connectivity index (χ0) is 22.2. The maximum absolute atomic E-state index is 13.2. The van der Waals surface area contributed by atoms with Crippen molar-refractivity contribution in [2.75, 3.05) is 18.6 Å². The first kappa shape index (κ1) is 20.7. The van der Waals surface area contributed by atoms with Crippen LogP contribution in [0.5, 0.6) is 5.88 Å². The molecule has 3 aromatic rings. The van der Waals surface area contributed by atoms with E-state index >= 15 is 0 Å². The standard InChI is InChI=1S/C23H23N3O5/c1-23(2,3)31-19(27)13-30-22-16-8-6-5-7-15(16)21(28)26(22)17-11-9-14-10-12-18(29-4)25-20(14)24-17/h5-12,22H,13H2,1-4H3. The van der Waals surface area contributed by atoms with E-state index in [1.807, 2.05) is 18.2 Å². The van der Waals surface area contributed by atoms with Crippen LogP contribution in [0.2, 0.25) is 0 Å². The molecule has 3 heterocycles. The van der Waals surface area contributed by atoms with Gasteiger partial charge in [-0.05, 0) is 45.0 Å². The summed E-state index contributed by atoms with van der Waals surface area (Å²) in [6, 6.07) is 14.3. The third kappa shape index (κ3) is 4.20. The summed E-state index contributed by atoms with van der Waals surface area (Å²) in [6.07, 6.45) is -0.813. The highest BCUT2D eigenvalue weighted by molar-refractivity contribution is 6.10. The van der Waals surface area contributed by atoms with Crippen molar-refractivity contribution in [2.45, 2.75) is 32.6 Å². The van der Waals surface area contributed by atoms with Crippen LogP contribution in [0, 0.1) is 0 Å². The molecule has 0 N–H and O–H groups in total. The van der Waals surface area contributed by atoms with E-state index in [4.69, 9.17) is 14.2 Å². The highest BCUT2D eigenvalue weighted by atomic mass is 16.6. The average molecular weight is 421 g/mol. The van der Waals surface area contributed by atoms with E-state index in [1.54, 1.807) is 51.1 Å². The molecule has 2 aromatic heterocycles. The smallest absolute Gasteiger partial charge is 0.332 e. The van der Waals surface area contributed by atoms with Crippen LogP contribution in [-0.4, -0.2) is 41.2 Å². The molecule has 0 radical (unpaired) electrons. The molecule has 1 aromatic carbocycles. The molecule has 1 unspecified atom stereocenters. The molecule has 1 atom stereocenters. The van der Waals surface area contributed by atoms with Crippen molar-refractivity contribution in [1.29, 1.82) is 0 Å². The lowest BCUT2D eigenvalue weighted by Crippen LogP contribution is -2.33. The lowest BCUT2D eigenvalue weighted by atomic mass is 10.1. The number of nitrogens with zero attached hydrogens (tertiary/aromatic N) is 3. The Morgan fingerprint density at radius 2 is 1.81 bits per heavy atom. The fourth-order valence-corrected chi connectivity index (χ4v) is 3.41. The Morgan fingerprint density at radius 3 is 2.55 bits per heavy atom. The average Bonchev–Trinajstić information content (AvgIpc) is 3.02. The number of carbonyl (C=O) groups is 2. The predicted molar refractivity (Wildman–Crippen MR) is 114 cm³/mol. The molecule has 0 fully saturated rings. The Hall–Kier alpha value is -3.52. The number of carbonyl (C=O) groups excluding carboxylic acids is 2. The summed E-state index contributed by atoms with van der Waals surface area (Å²) in [5, 5.41) is 0.805. The van der Waals surface area contributed by atoms with Crippen molar-refractivity contribution in [2.24, 2.45) is 0 Å². The summed E-state index contributed by atoms with van der Waals surface area (Å²) in [6.45, 7) is 5.04. The van der Waals surface area contributed by atoms with E-state index in [-0.39, 0.29) is 12.5 Å². The number of hydrogen-bond acceptors (Lipinski definition) is 7. The Balaban J connectivity index is 1.68. The van der Waals surface area contributed by atoms with Gasteiger partial charge in [0.2, 0.25) is 5.88 Å². The fraction of sp³-hybridized carbons (Fsp3) is 0.304. The number of anilines is 1. The van der Waals surface area contributed by atoms with Crippen LogP contribution >= 0.6 is 0 Å². The normalized spacial score (nSPS) is 15.8. The van der Waals surface area contributed by atoms with Crippen molar-refractivity contribution in [1.82, 2.24) is 9.97 Å². The minimum absolute atomic E-state index is 0.264. The molecule has 1 aliphatic heterocycles. The van der Waals surface area contributed by atoms with Crippen LogP contribution in [0.25, 0.3) is 11.0 Å². The largest absolute Gasteiger partial charge is 0.481 e. The molecular formula is C23H23N3O5. The summed E-state index contributed by atoms with van der Waals surface area (Å²) >= 11 is 0. The first-order valence-corrected chi connectivity index (χ1v) is 9.84. The van der Waals surface area contributed by atoms with Crippen molar-refractivity contribution in [3.63, 3.8) is 0 Å². The number of pyridine rings is 2. The topological polar surface area (TPSA) is 90.8 Å². The number of benzene rings is 1. The molecule has 31 heavy (non-hydrogen) atoms. The molecule has 8 nitrogen and oxygen atoms in total. The second kappa shape index (κ2) is 7.96. The van der Waals surface area contributed by atoms with Crippen LogP contribution in [0.15, 0.2) is 48.5 Å². The first-order valence-electron chi connectivity index (χ1n) is 9.84. The molecule has 0 bridgehead atoms. The van der Waals surface area contributed by atoms with Gasteiger partial charge in [-0.15, -0.1) is 0 Å². The van der Waals surface area contributed by atoms with Gasteiger partial charge in [0.25, 0.3) is 5.91 Å². The summed E-state index contributed by atoms with van der Waals surface area (Å²) in [5.41, 5.74) is 0.967. The third-order valence-corrected chi connectivity index (χ3v) is 4.66. The van der Waals surface area contributed by atoms with Crippen LogP contribution < -0.4 is 9.64 Å². The summed E-state index contributed by atoms with van der Waals surface area (Å²) in [5.74, 6) is 0.0104. The number of esters is 1. The van der Waals surface area contributed by atoms with Crippen molar-refractivity contribution in [3.8, 4) is 5.88 Å². The SMILES string of the molecule is COc1ccc2ccc(N3C(=O)c4ccccc4C3OCC(=O)OC(C)(C)C)nc2n1. The zero-order valence-electron chi connectivity index (χ0n) is 17.8. The number of methoxy groups -OCH3 is 1. The molecular weight excluding hydrogens is 398 g/mol. The molecule has 4 rings (SSSR count). The van der Waals surface area contributed by atoms with Gasteiger partial charge in [0.05, 0.1) is 7.11 Å². The highest BCUT2D eigenvalue weighted by Gasteiger charge is 2.39. The first-order chi connectivity index (χ1) is 14.8. The van der Waals surface area contributed by atoms with E-state index in [9.17, 15) is 9.59 Å². The second-order valence-electron chi connectivity index (χ2n) is 8.08. The summed E-state index contributed by atoms with van der Waals surface area (Å²) in [7, 11) is 1.53. The second-order valence-corrected chi connectivity index (χ2v) is 8.08. The van der Waals surface area contributed by atoms with Gasteiger partial charge in [0.1, 0.15) is 18.0 Å². The number of ether oxygens (including phenoxy) is 3. The van der Waals surface area contributed by atoms with Gasteiger partial charge in [-0.2, -0.15) is 4.98 Å². The van der Waals surface area contributed by atoms with E-state index < -0.39 is 17.8 Å². The van der Waals surface area contributed by atoms with E-state index in [1.165, 1.54) is 12.0 Å². The zero-order valence-corrected chi connectivity index (χ0v) is 17.8. The molecule has 0 saturated heterocycles. The predicted octanol–water partition coefficient (Wildman–Crippen LogP) is 3.66. The third-order valence-electron chi connectivity index (χ3n) is 4.66. The molecule has 1 amide bonds. The molecule has 0 saturated carbocycles. The van der Waals surface area contributed by atoms with Crippen LogP contribution in [0.1, 0.15) is 42.9 Å². The minimum atomic E-state index is -0.813. The Labute approximate surface area is 179 Å².